The Balaban J connectivity index is 4.65. The summed E-state index contributed by atoms with van der Waals surface area (Å²) in [7, 11) is 0. The van der Waals surface area contributed by atoms with Crippen molar-refractivity contribution < 1.29 is 29.6 Å². The topological polar surface area (TPSA) is 156 Å². The van der Waals surface area contributed by atoms with Gasteiger partial charge in [-0.3, -0.25) is 4.79 Å². The molecule has 0 saturated carbocycles. The summed E-state index contributed by atoms with van der Waals surface area (Å²) in [6, 6.07) is -1.31. The molecule has 0 aliphatic carbocycles. The van der Waals surface area contributed by atoms with Crippen molar-refractivity contribution in [2.24, 2.45) is 11.5 Å². The van der Waals surface area contributed by atoms with E-state index >= 15 is 0 Å². The Labute approximate surface area is 91.8 Å². The standard InChI is InChI=1S/C8H16N2O6/c9-1-6(14)16-8(4(10)2-11)7(15)5(13)3-12/h2,4-5,7-8,12-13,15H,1,3,9-10H2/t4-,5+,7+,8+/m0/s1. The summed E-state index contributed by atoms with van der Waals surface area (Å²) in [5.41, 5.74) is 10.2. The molecule has 8 heteroatoms. The molecule has 94 valence electrons. The molecular formula is C8H16N2O6. The van der Waals surface area contributed by atoms with Crippen molar-refractivity contribution in [2.75, 3.05) is 13.2 Å². The first kappa shape index (κ1) is 14.9. The maximum Gasteiger partial charge on any atom is 0.320 e. The van der Waals surface area contributed by atoms with Crippen LogP contribution < -0.4 is 11.5 Å². The van der Waals surface area contributed by atoms with E-state index in [1.807, 2.05) is 0 Å². The Morgan fingerprint density at radius 1 is 1.44 bits per heavy atom. The molecule has 0 aromatic carbocycles. The van der Waals surface area contributed by atoms with E-state index in [-0.39, 0.29) is 6.29 Å². The van der Waals surface area contributed by atoms with Crippen molar-refractivity contribution in [3.63, 3.8) is 0 Å². The molecule has 0 bridgehead atoms. The highest BCUT2D eigenvalue weighted by atomic mass is 16.6. The molecule has 16 heavy (non-hydrogen) atoms. The van der Waals surface area contributed by atoms with Gasteiger partial charge >= 0.3 is 5.97 Å². The number of aliphatic hydroxyl groups is 3. The first-order valence-electron chi connectivity index (χ1n) is 4.55. The van der Waals surface area contributed by atoms with Crippen molar-refractivity contribution in [2.45, 2.75) is 24.4 Å². The van der Waals surface area contributed by atoms with Gasteiger partial charge in [0, 0.05) is 0 Å². The number of nitrogens with two attached hydrogens (primary N) is 2. The molecule has 0 heterocycles. The summed E-state index contributed by atoms with van der Waals surface area (Å²) in [6.07, 6.45) is -4.43. The number of aliphatic hydroxyl groups excluding tert-OH is 3. The first-order chi connectivity index (χ1) is 7.47. The van der Waals surface area contributed by atoms with Crippen LogP contribution in [0, 0.1) is 0 Å². The number of hydrogen-bond acceptors (Lipinski definition) is 8. The van der Waals surface area contributed by atoms with Crippen molar-refractivity contribution in [1.82, 2.24) is 0 Å². The lowest BCUT2D eigenvalue weighted by molar-refractivity contribution is -0.162. The Hall–Kier alpha value is -1.06. The van der Waals surface area contributed by atoms with Crippen LogP contribution in [0.2, 0.25) is 0 Å². The smallest absolute Gasteiger partial charge is 0.320 e. The molecule has 0 spiro atoms. The summed E-state index contributed by atoms with van der Waals surface area (Å²) in [6.45, 7) is -1.21. The normalized spacial score (nSPS) is 18.3. The lowest BCUT2D eigenvalue weighted by Crippen LogP contribution is -2.52. The van der Waals surface area contributed by atoms with Crippen LogP contribution in [0.4, 0.5) is 0 Å². The summed E-state index contributed by atoms with van der Waals surface area (Å²) < 4.78 is 4.60. The van der Waals surface area contributed by atoms with E-state index in [2.05, 4.69) is 4.74 Å². The van der Waals surface area contributed by atoms with Crippen LogP contribution in [-0.2, 0) is 14.3 Å². The fourth-order valence-corrected chi connectivity index (χ4v) is 0.980. The molecule has 0 aliphatic rings. The van der Waals surface area contributed by atoms with Gasteiger partial charge in [-0.05, 0) is 0 Å². The van der Waals surface area contributed by atoms with Gasteiger partial charge in [-0.25, -0.2) is 0 Å². The SMILES string of the molecule is NCC(=O)O[C@@H]([C@H](O)[C@H](O)CO)[C@@H](N)C=O. The zero-order valence-electron chi connectivity index (χ0n) is 8.52. The molecule has 7 N–H and O–H groups in total. The third-order valence-electron chi connectivity index (χ3n) is 1.89. The van der Waals surface area contributed by atoms with Gasteiger partial charge in [-0.15, -0.1) is 0 Å². The summed E-state index contributed by atoms with van der Waals surface area (Å²) in [4.78, 5) is 21.3. The number of esters is 1. The van der Waals surface area contributed by atoms with Gasteiger partial charge in [0.2, 0.25) is 0 Å². The number of rotatable bonds is 7. The summed E-state index contributed by atoms with van der Waals surface area (Å²) in [5, 5.41) is 27.2. The molecule has 8 nitrogen and oxygen atoms in total. The zero-order chi connectivity index (χ0) is 12.7. The summed E-state index contributed by atoms with van der Waals surface area (Å²) >= 11 is 0. The monoisotopic (exact) mass is 236 g/mol. The second kappa shape index (κ2) is 7.25. The molecule has 0 radical (unpaired) electrons. The van der Waals surface area contributed by atoms with Gasteiger partial charge in [-0.1, -0.05) is 0 Å². The van der Waals surface area contributed by atoms with E-state index in [1.165, 1.54) is 0 Å². The second-order valence-electron chi connectivity index (χ2n) is 3.11. The van der Waals surface area contributed by atoms with E-state index in [1.54, 1.807) is 0 Å². The Morgan fingerprint density at radius 2 is 2.00 bits per heavy atom. The lowest BCUT2D eigenvalue weighted by Gasteiger charge is -2.27. The fraction of sp³-hybridized carbons (Fsp3) is 0.750. The van der Waals surface area contributed by atoms with E-state index in [4.69, 9.17) is 21.7 Å². The highest BCUT2D eigenvalue weighted by Gasteiger charge is 2.33. The molecule has 4 atom stereocenters. The largest absolute Gasteiger partial charge is 0.456 e. The van der Waals surface area contributed by atoms with Crippen LogP contribution in [0.15, 0.2) is 0 Å². The van der Waals surface area contributed by atoms with E-state index < -0.39 is 43.5 Å². The third-order valence-corrected chi connectivity index (χ3v) is 1.89. The maximum absolute atomic E-state index is 10.9. The van der Waals surface area contributed by atoms with Gasteiger partial charge in [0.15, 0.2) is 6.10 Å². The molecule has 0 fully saturated rings. The van der Waals surface area contributed by atoms with Crippen LogP contribution >= 0.6 is 0 Å². The number of carbonyl (C=O) groups is 2. The highest BCUT2D eigenvalue weighted by molar-refractivity contribution is 5.72. The van der Waals surface area contributed by atoms with Gasteiger partial charge in [0.05, 0.1) is 13.2 Å². The van der Waals surface area contributed by atoms with Crippen molar-refractivity contribution >= 4 is 12.3 Å². The Bertz CT molecular complexity index is 237. The maximum atomic E-state index is 10.9. The predicted molar refractivity (Wildman–Crippen MR) is 52.1 cm³/mol. The minimum absolute atomic E-state index is 0.252. The number of carbonyl (C=O) groups excluding carboxylic acids is 2. The molecule has 0 unspecified atom stereocenters. The number of ether oxygens (including phenoxy) is 1. The van der Waals surface area contributed by atoms with Crippen LogP contribution in [-0.4, -0.2) is 65.1 Å². The summed E-state index contributed by atoms with van der Waals surface area (Å²) in [5.74, 6) is -0.883. The first-order valence-corrected chi connectivity index (χ1v) is 4.55. The van der Waals surface area contributed by atoms with Crippen molar-refractivity contribution in [3.05, 3.63) is 0 Å². The third kappa shape index (κ3) is 4.21. The molecule has 0 rings (SSSR count). The van der Waals surface area contributed by atoms with Gasteiger partial charge < -0.3 is 36.3 Å². The van der Waals surface area contributed by atoms with Crippen LogP contribution in [0.25, 0.3) is 0 Å². The van der Waals surface area contributed by atoms with Crippen molar-refractivity contribution in [1.29, 1.82) is 0 Å². The zero-order valence-corrected chi connectivity index (χ0v) is 8.52. The Morgan fingerprint density at radius 3 is 2.38 bits per heavy atom. The highest BCUT2D eigenvalue weighted by Crippen LogP contribution is 2.07. The van der Waals surface area contributed by atoms with Gasteiger partial charge in [-0.2, -0.15) is 0 Å². The van der Waals surface area contributed by atoms with E-state index in [9.17, 15) is 14.7 Å². The van der Waals surface area contributed by atoms with Crippen molar-refractivity contribution in [3.8, 4) is 0 Å². The van der Waals surface area contributed by atoms with E-state index in [0.29, 0.717) is 0 Å². The molecule has 0 aromatic heterocycles. The molecule has 0 aromatic rings. The lowest BCUT2D eigenvalue weighted by atomic mass is 10.0. The minimum atomic E-state index is -1.67. The molecular weight excluding hydrogens is 220 g/mol. The fourth-order valence-electron chi connectivity index (χ4n) is 0.980. The average Bonchev–Trinajstić information content (AvgIpc) is 2.32. The quantitative estimate of drug-likeness (QED) is 0.222. The van der Waals surface area contributed by atoms with Crippen LogP contribution in [0.5, 0.6) is 0 Å². The average molecular weight is 236 g/mol. The second-order valence-corrected chi connectivity index (χ2v) is 3.11. The van der Waals surface area contributed by atoms with Gasteiger partial charge in [0.25, 0.3) is 0 Å². The minimum Gasteiger partial charge on any atom is -0.456 e. The Kier molecular flexibility index (Phi) is 6.77. The predicted octanol–water partition coefficient (Wildman–Crippen LogP) is -3.90. The van der Waals surface area contributed by atoms with Crippen LogP contribution in [0.1, 0.15) is 0 Å². The van der Waals surface area contributed by atoms with E-state index in [0.717, 1.165) is 0 Å². The van der Waals surface area contributed by atoms with Crippen LogP contribution in [0.3, 0.4) is 0 Å². The molecule has 0 saturated heterocycles. The number of hydrogen-bond donors (Lipinski definition) is 5. The number of aldehydes is 1. The molecule has 0 amide bonds. The van der Waals surface area contributed by atoms with Gasteiger partial charge in [0.1, 0.15) is 24.5 Å². The molecule has 0 aliphatic heterocycles.